The number of carbonyl (C=O) groups excluding carboxylic acids is 1. The molecule has 0 bridgehead atoms. The summed E-state index contributed by atoms with van der Waals surface area (Å²) in [6.07, 6.45) is 2.22. The Morgan fingerprint density at radius 2 is 2.75 bits per heavy atom. The number of aliphatic imine (C=N–C) groups is 1. The second-order valence-corrected chi connectivity index (χ2v) is 1.53. The Kier molecular flexibility index (Phi) is 1.12. The van der Waals surface area contributed by atoms with E-state index < -0.39 is 0 Å². The first-order valence-corrected chi connectivity index (χ1v) is 2.27. The summed E-state index contributed by atoms with van der Waals surface area (Å²) >= 11 is 0. The lowest BCUT2D eigenvalue weighted by atomic mass is 10.3. The molecule has 0 aromatic carbocycles. The van der Waals surface area contributed by atoms with Crippen LogP contribution in [-0.2, 0) is 4.79 Å². The maximum atomic E-state index is 10.0. The summed E-state index contributed by atoms with van der Waals surface area (Å²) in [5.41, 5.74) is 0.653. The highest BCUT2D eigenvalue weighted by atomic mass is 16.1. The molecule has 1 unspecified atom stereocenters. The smallest absolute Gasteiger partial charge is 0.150 e. The summed E-state index contributed by atoms with van der Waals surface area (Å²) in [6.45, 7) is 3.54. The van der Waals surface area contributed by atoms with E-state index >= 15 is 0 Å². The molecule has 1 aliphatic rings. The molecule has 0 saturated carbocycles. The van der Waals surface area contributed by atoms with Gasteiger partial charge in [0.25, 0.3) is 0 Å². The number of nitrogens with one attached hydrogen (secondary N) is 1. The van der Waals surface area contributed by atoms with Gasteiger partial charge in [-0.15, -0.1) is 0 Å². The zero-order valence-corrected chi connectivity index (χ0v) is 4.29. The van der Waals surface area contributed by atoms with E-state index in [9.17, 15) is 4.79 Å². The fourth-order valence-corrected chi connectivity index (χ4v) is 0.493. The molecule has 0 spiro atoms. The molecule has 3 heteroatoms. The molecule has 1 aliphatic heterocycles. The summed E-state index contributed by atoms with van der Waals surface area (Å²) < 4.78 is 0. The third-order valence-corrected chi connectivity index (χ3v) is 0.971. The van der Waals surface area contributed by atoms with Crippen LogP contribution >= 0.6 is 0 Å². The zero-order valence-electron chi connectivity index (χ0n) is 4.29. The summed E-state index contributed by atoms with van der Waals surface area (Å²) in [6, 6.07) is -0.352. The molecule has 1 heterocycles. The molecule has 0 saturated heterocycles. The maximum absolute atomic E-state index is 10.0. The van der Waals surface area contributed by atoms with Gasteiger partial charge in [-0.1, -0.05) is 6.58 Å². The minimum atomic E-state index is -0.352. The molecule has 0 radical (unpaired) electrons. The van der Waals surface area contributed by atoms with Gasteiger partial charge in [-0.3, -0.25) is 4.99 Å². The van der Waals surface area contributed by atoms with Crippen LogP contribution in [0.5, 0.6) is 0 Å². The summed E-state index contributed by atoms with van der Waals surface area (Å²) in [7, 11) is 0. The Labute approximate surface area is 47.1 Å². The Morgan fingerprint density at radius 3 is 3.00 bits per heavy atom. The molecular formula is C5H6N2O. The highest BCUT2D eigenvalue weighted by Gasteiger charge is 2.11. The normalized spacial score (nSPS) is 25.5. The monoisotopic (exact) mass is 110 g/mol. The summed E-state index contributed by atoms with van der Waals surface area (Å²) in [5, 5.41) is 2.70. The average Bonchev–Trinajstić information content (AvgIpc) is 2.14. The van der Waals surface area contributed by atoms with Gasteiger partial charge >= 0.3 is 0 Å². The van der Waals surface area contributed by atoms with Crippen LogP contribution in [0.15, 0.2) is 17.3 Å². The van der Waals surface area contributed by atoms with Crippen molar-refractivity contribution in [2.45, 2.75) is 6.04 Å². The van der Waals surface area contributed by atoms with Gasteiger partial charge in [-0.05, 0) is 0 Å². The molecule has 0 aliphatic carbocycles. The van der Waals surface area contributed by atoms with Crippen LogP contribution in [0.3, 0.4) is 0 Å². The van der Waals surface area contributed by atoms with E-state index in [0.29, 0.717) is 5.70 Å². The molecule has 3 nitrogen and oxygen atoms in total. The SMILES string of the molecule is C=C1NC=NC1C=O. The van der Waals surface area contributed by atoms with Crippen molar-refractivity contribution in [1.82, 2.24) is 5.32 Å². The minimum absolute atomic E-state index is 0.352. The van der Waals surface area contributed by atoms with E-state index in [4.69, 9.17) is 0 Å². The first-order valence-electron chi connectivity index (χ1n) is 2.27. The quantitative estimate of drug-likeness (QED) is 0.471. The fraction of sp³-hybridized carbons (Fsp3) is 0.200. The van der Waals surface area contributed by atoms with Crippen molar-refractivity contribution in [2.75, 3.05) is 0 Å². The van der Waals surface area contributed by atoms with Crippen LogP contribution in [0.1, 0.15) is 0 Å². The number of aldehydes is 1. The molecular weight excluding hydrogens is 104 g/mol. The molecule has 8 heavy (non-hydrogen) atoms. The van der Waals surface area contributed by atoms with Crippen LogP contribution in [0.4, 0.5) is 0 Å². The lowest BCUT2D eigenvalue weighted by Crippen LogP contribution is -2.11. The van der Waals surface area contributed by atoms with Crippen LogP contribution < -0.4 is 5.32 Å². The van der Waals surface area contributed by atoms with Gasteiger partial charge in [0.15, 0.2) is 6.29 Å². The Balaban J connectivity index is 2.66. The lowest BCUT2D eigenvalue weighted by molar-refractivity contribution is -0.108. The molecule has 1 N–H and O–H groups in total. The van der Waals surface area contributed by atoms with Gasteiger partial charge < -0.3 is 10.1 Å². The molecule has 0 aromatic heterocycles. The second kappa shape index (κ2) is 1.78. The van der Waals surface area contributed by atoms with Crippen molar-refractivity contribution in [1.29, 1.82) is 0 Å². The predicted molar refractivity (Wildman–Crippen MR) is 30.6 cm³/mol. The van der Waals surface area contributed by atoms with E-state index in [1.165, 1.54) is 6.34 Å². The molecule has 0 amide bonds. The maximum Gasteiger partial charge on any atom is 0.150 e. The Morgan fingerprint density at radius 1 is 2.00 bits per heavy atom. The van der Waals surface area contributed by atoms with Crippen molar-refractivity contribution in [3.8, 4) is 0 Å². The van der Waals surface area contributed by atoms with E-state index in [-0.39, 0.29) is 6.04 Å². The van der Waals surface area contributed by atoms with Crippen molar-refractivity contribution in [3.63, 3.8) is 0 Å². The van der Waals surface area contributed by atoms with E-state index in [2.05, 4.69) is 16.9 Å². The molecule has 0 aromatic rings. The van der Waals surface area contributed by atoms with Crippen LogP contribution in [-0.4, -0.2) is 18.7 Å². The largest absolute Gasteiger partial charge is 0.348 e. The van der Waals surface area contributed by atoms with E-state index in [1.807, 2.05) is 0 Å². The summed E-state index contributed by atoms with van der Waals surface area (Å²) in [5.74, 6) is 0. The predicted octanol–water partition coefficient (Wildman–Crippen LogP) is -0.301. The Bertz CT molecular complexity index is 151. The Hall–Kier alpha value is -1.12. The number of hydrogen-bond donors (Lipinski definition) is 1. The number of rotatable bonds is 1. The van der Waals surface area contributed by atoms with Gasteiger partial charge in [0.2, 0.25) is 0 Å². The number of hydrogen-bond acceptors (Lipinski definition) is 3. The third-order valence-electron chi connectivity index (χ3n) is 0.971. The van der Waals surface area contributed by atoms with Crippen LogP contribution in [0.2, 0.25) is 0 Å². The van der Waals surface area contributed by atoms with E-state index in [0.717, 1.165) is 6.29 Å². The second-order valence-electron chi connectivity index (χ2n) is 1.53. The summed E-state index contributed by atoms with van der Waals surface area (Å²) in [4.78, 5) is 13.7. The zero-order chi connectivity index (χ0) is 5.98. The molecule has 0 fully saturated rings. The van der Waals surface area contributed by atoms with Crippen molar-refractivity contribution >= 4 is 12.6 Å². The fourth-order valence-electron chi connectivity index (χ4n) is 0.493. The third kappa shape index (κ3) is 0.621. The highest BCUT2D eigenvalue weighted by Crippen LogP contribution is 2.00. The van der Waals surface area contributed by atoms with Gasteiger partial charge in [0.05, 0.1) is 6.34 Å². The number of carbonyl (C=O) groups is 1. The average molecular weight is 110 g/mol. The topological polar surface area (TPSA) is 41.5 Å². The highest BCUT2D eigenvalue weighted by molar-refractivity contribution is 5.74. The van der Waals surface area contributed by atoms with E-state index in [1.54, 1.807) is 0 Å². The number of nitrogens with zero attached hydrogens (tertiary/aromatic N) is 1. The van der Waals surface area contributed by atoms with Crippen LogP contribution in [0, 0.1) is 0 Å². The molecule has 1 atom stereocenters. The van der Waals surface area contributed by atoms with Gasteiger partial charge in [0, 0.05) is 5.70 Å². The van der Waals surface area contributed by atoms with Gasteiger partial charge in [0.1, 0.15) is 6.04 Å². The first-order chi connectivity index (χ1) is 3.84. The van der Waals surface area contributed by atoms with Gasteiger partial charge in [-0.2, -0.15) is 0 Å². The van der Waals surface area contributed by atoms with Crippen molar-refractivity contribution in [3.05, 3.63) is 12.3 Å². The molecule has 1 rings (SSSR count). The minimum Gasteiger partial charge on any atom is -0.348 e. The van der Waals surface area contributed by atoms with Crippen molar-refractivity contribution < 1.29 is 4.79 Å². The van der Waals surface area contributed by atoms with Gasteiger partial charge in [-0.25, -0.2) is 0 Å². The lowest BCUT2D eigenvalue weighted by Gasteiger charge is -1.95. The van der Waals surface area contributed by atoms with Crippen molar-refractivity contribution in [2.24, 2.45) is 4.99 Å². The molecule has 42 valence electrons. The van der Waals surface area contributed by atoms with Crippen LogP contribution in [0.25, 0.3) is 0 Å². The standard InChI is InChI=1S/C5H6N2O/c1-4-5(2-8)7-3-6-4/h2-3,5H,1H2,(H,6,7). The first kappa shape index (κ1) is 5.03.